The molecule has 1 aromatic rings. The van der Waals surface area contributed by atoms with Gasteiger partial charge in [0, 0.05) is 37.5 Å². The molecule has 106 valence electrons. The molecule has 2 atom stereocenters. The lowest BCUT2D eigenvalue weighted by Gasteiger charge is -2.15. The molecule has 1 fully saturated rings. The molecule has 2 heterocycles. The molecule has 2 rings (SSSR count). The third-order valence-electron chi connectivity index (χ3n) is 3.73. The Morgan fingerprint density at radius 3 is 2.75 bits per heavy atom. The van der Waals surface area contributed by atoms with Crippen LogP contribution < -0.4 is 0 Å². The van der Waals surface area contributed by atoms with Gasteiger partial charge in [0.1, 0.15) is 0 Å². The minimum absolute atomic E-state index is 0.0273. The van der Waals surface area contributed by atoms with Crippen molar-refractivity contribution in [3.05, 3.63) is 29.6 Å². The maximum absolute atomic E-state index is 12.4. The van der Waals surface area contributed by atoms with Crippen LogP contribution in [-0.4, -0.2) is 40.6 Å². The summed E-state index contributed by atoms with van der Waals surface area (Å²) in [5.41, 5.74) is 1.30. The van der Waals surface area contributed by atoms with E-state index in [4.69, 9.17) is 5.11 Å². The van der Waals surface area contributed by atoms with Crippen LogP contribution in [0.4, 0.5) is 0 Å². The maximum Gasteiger partial charge on any atom is 0.255 e. The molecule has 1 aliphatic heterocycles. The summed E-state index contributed by atoms with van der Waals surface area (Å²) >= 11 is 0. The number of aliphatic hydroxyl groups excluding tert-OH is 1. The molecule has 0 aromatic carbocycles. The summed E-state index contributed by atoms with van der Waals surface area (Å²) in [6, 6.07) is 1.77. The quantitative estimate of drug-likeness (QED) is 0.831. The van der Waals surface area contributed by atoms with Gasteiger partial charge < -0.3 is 10.0 Å². The molecule has 4 nitrogen and oxygen atoms in total. The molecule has 1 N–H and O–H groups in total. The molecular formula is C16H20N2O2. The van der Waals surface area contributed by atoms with Crippen molar-refractivity contribution in [3.63, 3.8) is 0 Å². The Morgan fingerprint density at radius 2 is 2.10 bits per heavy atom. The second-order valence-electron chi connectivity index (χ2n) is 5.40. The molecule has 20 heavy (non-hydrogen) atoms. The van der Waals surface area contributed by atoms with Crippen LogP contribution in [0.3, 0.4) is 0 Å². The zero-order chi connectivity index (χ0) is 14.5. The predicted octanol–water partition coefficient (Wildman–Crippen LogP) is 1.54. The highest BCUT2D eigenvalue weighted by Gasteiger charge is 2.29. The van der Waals surface area contributed by atoms with Gasteiger partial charge in [-0.25, -0.2) is 0 Å². The van der Waals surface area contributed by atoms with E-state index < -0.39 is 0 Å². The summed E-state index contributed by atoms with van der Waals surface area (Å²) < 4.78 is 0. The van der Waals surface area contributed by atoms with Gasteiger partial charge in [-0.05, 0) is 17.9 Å². The lowest BCUT2D eigenvalue weighted by molar-refractivity contribution is 0.0784. The fraction of sp³-hybridized carbons (Fsp3) is 0.500. The van der Waals surface area contributed by atoms with Crippen LogP contribution in [0.15, 0.2) is 18.5 Å². The number of hydrogen-bond donors (Lipinski definition) is 1. The van der Waals surface area contributed by atoms with E-state index in [2.05, 4.69) is 30.7 Å². The number of rotatable bonds is 2. The van der Waals surface area contributed by atoms with Crippen molar-refractivity contribution in [2.75, 3.05) is 19.7 Å². The standard InChI is InChI=1S/C16H20N2O2/c1-12-10-18(11-13(12)2)16(20)15-7-14(8-17-9-15)5-3-4-6-19/h7-9,12-13,19H,4,6,10-11H2,1-2H3. The van der Waals surface area contributed by atoms with Crippen molar-refractivity contribution in [3.8, 4) is 11.8 Å². The van der Waals surface area contributed by atoms with E-state index in [9.17, 15) is 4.79 Å². The Bertz CT molecular complexity index is 535. The van der Waals surface area contributed by atoms with Gasteiger partial charge in [0.05, 0.1) is 12.2 Å². The minimum Gasteiger partial charge on any atom is -0.395 e. The first-order chi connectivity index (χ1) is 9.61. The number of nitrogens with zero attached hydrogens (tertiary/aromatic N) is 2. The van der Waals surface area contributed by atoms with Gasteiger partial charge in [0.25, 0.3) is 5.91 Å². The number of pyridine rings is 1. The van der Waals surface area contributed by atoms with Crippen LogP contribution in [0, 0.1) is 23.7 Å². The molecule has 0 aliphatic carbocycles. The average molecular weight is 272 g/mol. The van der Waals surface area contributed by atoms with Gasteiger partial charge in [-0.2, -0.15) is 0 Å². The first-order valence-electron chi connectivity index (χ1n) is 6.96. The molecule has 0 radical (unpaired) electrons. The van der Waals surface area contributed by atoms with Crippen LogP contribution in [-0.2, 0) is 0 Å². The molecule has 1 aliphatic rings. The van der Waals surface area contributed by atoms with Crippen molar-refractivity contribution in [1.29, 1.82) is 0 Å². The van der Waals surface area contributed by atoms with Crippen molar-refractivity contribution in [2.24, 2.45) is 11.8 Å². The number of aromatic nitrogens is 1. The molecule has 0 saturated carbocycles. The molecule has 1 aromatic heterocycles. The van der Waals surface area contributed by atoms with Crippen LogP contribution in [0.5, 0.6) is 0 Å². The minimum atomic E-state index is 0.0273. The molecule has 1 saturated heterocycles. The number of aliphatic hydroxyl groups is 1. The molecule has 0 bridgehead atoms. The lowest BCUT2D eigenvalue weighted by Crippen LogP contribution is -2.29. The topological polar surface area (TPSA) is 53.4 Å². The van der Waals surface area contributed by atoms with Crippen LogP contribution in [0.2, 0.25) is 0 Å². The molecule has 0 spiro atoms. The van der Waals surface area contributed by atoms with E-state index in [1.807, 2.05) is 4.90 Å². The highest BCUT2D eigenvalue weighted by atomic mass is 16.2. The molecule has 1 amide bonds. The monoisotopic (exact) mass is 272 g/mol. The Kier molecular flexibility index (Phi) is 4.75. The van der Waals surface area contributed by atoms with E-state index in [1.165, 1.54) is 0 Å². The van der Waals surface area contributed by atoms with E-state index >= 15 is 0 Å². The highest BCUT2D eigenvalue weighted by molar-refractivity contribution is 5.94. The summed E-state index contributed by atoms with van der Waals surface area (Å²) in [4.78, 5) is 18.4. The van der Waals surface area contributed by atoms with E-state index in [1.54, 1.807) is 18.5 Å². The number of carbonyl (C=O) groups excluding carboxylic acids is 1. The van der Waals surface area contributed by atoms with Crippen molar-refractivity contribution >= 4 is 5.91 Å². The fourth-order valence-corrected chi connectivity index (χ4v) is 2.32. The Labute approximate surface area is 119 Å². The first kappa shape index (κ1) is 14.5. The number of amides is 1. The normalized spacial score (nSPS) is 21.4. The number of carbonyl (C=O) groups is 1. The number of hydrogen-bond acceptors (Lipinski definition) is 3. The van der Waals surface area contributed by atoms with Crippen LogP contribution in [0.25, 0.3) is 0 Å². The zero-order valence-electron chi connectivity index (χ0n) is 12.0. The maximum atomic E-state index is 12.4. The van der Waals surface area contributed by atoms with E-state index in [0.29, 0.717) is 29.4 Å². The van der Waals surface area contributed by atoms with Gasteiger partial charge in [-0.3, -0.25) is 9.78 Å². The lowest BCUT2D eigenvalue weighted by atomic mass is 10.0. The largest absolute Gasteiger partial charge is 0.395 e. The van der Waals surface area contributed by atoms with E-state index in [-0.39, 0.29) is 12.5 Å². The van der Waals surface area contributed by atoms with Gasteiger partial charge in [0.2, 0.25) is 0 Å². The number of likely N-dealkylation sites (tertiary alicyclic amines) is 1. The Hall–Kier alpha value is -1.86. The summed E-state index contributed by atoms with van der Waals surface area (Å²) in [6.45, 7) is 6.00. The van der Waals surface area contributed by atoms with Crippen molar-refractivity contribution in [2.45, 2.75) is 20.3 Å². The Balaban J connectivity index is 2.11. The summed E-state index contributed by atoms with van der Waals surface area (Å²) in [6.07, 6.45) is 3.66. The SMILES string of the molecule is CC1CN(C(=O)c2cncc(C#CCCO)c2)CC1C. The van der Waals surface area contributed by atoms with Crippen molar-refractivity contribution in [1.82, 2.24) is 9.88 Å². The summed E-state index contributed by atoms with van der Waals surface area (Å²) in [7, 11) is 0. The Morgan fingerprint density at radius 1 is 1.40 bits per heavy atom. The van der Waals surface area contributed by atoms with Crippen LogP contribution >= 0.6 is 0 Å². The molecule has 2 unspecified atom stereocenters. The van der Waals surface area contributed by atoms with Crippen LogP contribution in [0.1, 0.15) is 36.2 Å². The first-order valence-corrected chi connectivity index (χ1v) is 6.96. The van der Waals surface area contributed by atoms with Gasteiger partial charge in [-0.1, -0.05) is 25.7 Å². The van der Waals surface area contributed by atoms with Gasteiger partial charge in [0.15, 0.2) is 0 Å². The fourth-order valence-electron chi connectivity index (χ4n) is 2.32. The predicted molar refractivity (Wildman–Crippen MR) is 77.0 cm³/mol. The third kappa shape index (κ3) is 3.37. The molecule has 4 heteroatoms. The van der Waals surface area contributed by atoms with E-state index in [0.717, 1.165) is 13.1 Å². The van der Waals surface area contributed by atoms with Gasteiger partial charge in [-0.15, -0.1) is 0 Å². The smallest absolute Gasteiger partial charge is 0.255 e. The second kappa shape index (κ2) is 6.53. The van der Waals surface area contributed by atoms with Crippen molar-refractivity contribution < 1.29 is 9.90 Å². The molecular weight excluding hydrogens is 252 g/mol. The second-order valence-corrected chi connectivity index (χ2v) is 5.40. The summed E-state index contributed by atoms with van der Waals surface area (Å²) in [5.74, 6) is 6.85. The zero-order valence-corrected chi connectivity index (χ0v) is 12.0. The summed E-state index contributed by atoms with van der Waals surface area (Å²) in [5, 5.41) is 8.70. The highest BCUT2D eigenvalue weighted by Crippen LogP contribution is 2.23. The average Bonchev–Trinajstić information content (AvgIpc) is 2.78. The third-order valence-corrected chi connectivity index (χ3v) is 3.73. The van der Waals surface area contributed by atoms with Gasteiger partial charge >= 0.3 is 0 Å².